The molecular weight excluding hydrogens is 567 g/mol. The Bertz CT molecular complexity index is 653. The summed E-state index contributed by atoms with van der Waals surface area (Å²) in [5, 5.41) is 0. The molecule has 0 heterocycles. The van der Waals surface area contributed by atoms with Crippen molar-refractivity contribution in [1.82, 2.24) is 0 Å². The van der Waals surface area contributed by atoms with Gasteiger partial charge in [0, 0.05) is 13.2 Å². The van der Waals surface area contributed by atoms with Crippen molar-refractivity contribution in [3.8, 4) is 5.75 Å². The Hall–Kier alpha value is -0.710. The highest BCUT2D eigenvalue weighted by Gasteiger charge is 2.22. The predicted molar refractivity (Wildman–Crippen MR) is 190 cm³/mol. The van der Waals surface area contributed by atoms with Gasteiger partial charge in [0.1, 0.15) is 5.75 Å². The van der Waals surface area contributed by atoms with E-state index in [1.54, 1.807) is 0 Å². The van der Waals surface area contributed by atoms with Gasteiger partial charge in [0.15, 0.2) is 0 Å². The summed E-state index contributed by atoms with van der Waals surface area (Å²) in [7, 11) is -1.56. The molecule has 0 aliphatic rings. The largest absolute Gasteiger partial charge is 0.427 e. The molecule has 0 N–H and O–H groups in total. The summed E-state index contributed by atoms with van der Waals surface area (Å²) in [6.45, 7) is 11.7. The Labute approximate surface area is 274 Å². The summed E-state index contributed by atoms with van der Waals surface area (Å²) in [6, 6.07) is 9.92. The normalized spacial score (nSPS) is 13.6. The Morgan fingerprint density at radius 3 is 1.30 bits per heavy atom. The van der Waals surface area contributed by atoms with Crippen LogP contribution in [0.3, 0.4) is 0 Å². The lowest BCUT2D eigenvalue weighted by Gasteiger charge is -2.24. The molecule has 0 saturated heterocycles. The number of hydrogen-bond acceptors (Lipinski definition) is 5. The third kappa shape index (κ3) is 25.5. The van der Waals surface area contributed by atoms with Crippen LogP contribution in [0, 0.1) is 0 Å². The topological polar surface area (TPSA) is 46.2 Å². The molecule has 0 aliphatic carbocycles. The monoisotopic (exact) mass is 639 g/mol. The molecule has 44 heavy (non-hydrogen) atoms. The molecule has 0 aliphatic heterocycles. The van der Waals surface area contributed by atoms with Gasteiger partial charge in [0.2, 0.25) is 0 Å². The fourth-order valence-electron chi connectivity index (χ4n) is 5.24. The van der Waals surface area contributed by atoms with E-state index in [1.165, 1.54) is 116 Å². The van der Waals surface area contributed by atoms with Crippen LogP contribution in [0.25, 0.3) is 0 Å². The number of ether oxygens (including phenoxy) is 2. The molecule has 6 heteroatoms. The molecule has 0 saturated carbocycles. The second-order valence-electron chi connectivity index (χ2n) is 12.4. The van der Waals surface area contributed by atoms with Crippen molar-refractivity contribution in [1.29, 1.82) is 0 Å². The third-order valence-electron chi connectivity index (χ3n) is 8.12. The first-order valence-corrected chi connectivity index (χ1v) is 19.8. The zero-order valence-corrected chi connectivity index (χ0v) is 30.3. The third-order valence-corrected chi connectivity index (χ3v) is 9.20. The van der Waals surface area contributed by atoms with Gasteiger partial charge < -0.3 is 14.0 Å². The van der Waals surface area contributed by atoms with Crippen LogP contribution in [0.4, 0.5) is 0 Å². The maximum Gasteiger partial charge on any atom is 0.397 e. The van der Waals surface area contributed by atoms with Crippen molar-refractivity contribution in [2.45, 2.75) is 181 Å². The fourth-order valence-corrected chi connectivity index (χ4v) is 6.29. The molecule has 5 nitrogen and oxygen atoms in total. The maximum atomic E-state index is 6.39. The minimum absolute atomic E-state index is 0.0734. The van der Waals surface area contributed by atoms with Crippen molar-refractivity contribution < 1.29 is 23.0 Å². The number of para-hydroxylation sites is 1. The first-order valence-electron chi connectivity index (χ1n) is 18.8. The van der Waals surface area contributed by atoms with Crippen LogP contribution >= 0.6 is 8.60 Å². The van der Waals surface area contributed by atoms with Crippen molar-refractivity contribution in [2.75, 3.05) is 26.4 Å². The molecule has 2 atom stereocenters. The van der Waals surface area contributed by atoms with Gasteiger partial charge >= 0.3 is 8.60 Å². The molecule has 1 rings (SSSR count). The van der Waals surface area contributed by atoms with Crippen molar-refractivity contribution in [3.63, 3.8) is 0 Å². The van der Waals surface area contributed by atoms with E-state index in [-0.39, 0.29) is 12.2 Å². The van der Waals surface area contributed by atoms with Gasteiger partial charge in [-0.1, -0.05) is 161 Å². The van der Waals surface area contributed by atoms with E-state index in [4.69, 9.17) is 23.0 Å². The van der Waals surface area contributed by atoms with Crippen molar-refractivity contribution in [3.05, 3.63) is 30.3 Å². The average molecular weight is 639 g/mol. The van der Waals surface area contributed by atoms with Gasteiger partial charge in [-0.3, -0.25) is 9.05 Å². The summed E-state index contributed by atoms with van der Waals surface area (Å²) in [5.74, 6) is 0.776. The van der Waals surface area contributed by atoms with Crippen LogP contribution in [0.1, 0.15) is 169 Å². The molecular formula is C38H71O5P. The number of rotatable bonds is 34. The molecule has 0 radical (unpaired) electrons. The average Bonchev–Trinajstić information content (AvgIpc) is 3.04. The lowest BCUT2D eigenvalue weighted by molar-refractivity contribution is -0.00606. The van der Waals surface area contributed by atoms with Crippen LogP contribution < -0.4 is 4.52 Å². The SMILES string of the molecule is CCCCCCCCOC(CCCCCC)COP(OCC(CCCCCC)OCCCCCCCC)Oc1ccccc1. The molecule has 2 unspecified atom stereocenters. The number of hydrogen-bond donors (Lipinski definition) is 0. The van der Waals surface area contributed by atoms with E-state index >= 15 is 0 Å². The first kappa shape index (κ1) is 41.3. The molecule has 1 aromatic rings. The molecule has 0 aromatic heterocycles. The second kappa shape index (κ2) is 32.2. The minimum atomic E-state index is -1.56. The van der Waals surface area contributed by atoms with Crippen LogP contribution in [-0.4, -0.2) is 38.6 Å². The van der Waals surface area contributed by atoms with Gasteiger partial charge in [0.05, 0.1) is 25.4 Å². The zero-order chi connectivity index (χ0) is 31.8. The second-order valence-corrected chi connectivity index (χ2v) is 13.6. The summed E-state index contributed by atoms with van der Waals surface area (Å²) in [4.78, 5) is 0. The Balaban J connectivity index is 2.71. The fraction of sp³-hybridized carbons (Fsp3) is 0.842. The van der Waals surface area contributed by atoms with Crippen molar-refractivity contribution >= 4 is 8.60 Å². The highest BCUT2D eigenvalue weighted by molar-refractivity contribution is 7.42. The van der Waals surface area contributed by atoms with Crippen LogP contribution in [-0.2, 0) is 18.5 Å². The van der Waals surface area contributed by atoms with Crippen molar-refractivity contribution in [2.24, 2.45) is 0 Å². The molecule has 0 bridgehead atoms. The van der Waals surface area contributed by atoms with E-state index in [0.29, 0.717) is 13.2 Å². The number of unbranched alkanes of at least 4 members (excludes halogenated alkanes) is 16. The molecule has 0 spiro atoms. The van der Waals surface area contributed by atoms with Gasteiger partial charge in [-0.05, 0) is 37.8 Å². The molecule has 1 aromatic carbocycles. The summed E-state index contributed by atoms with van der Waals surface area (Å²) >= 11 is 0. The van der Waals surface area contributed by atoms with Crippen LogP contribution in [0.2, 0.25) is 0 Å². The minimum Gasteiger partial charge on any atom is -0.427 e. The number of benzene rings is 1. The smallest absolute Gasteiger partial charge is 0.397 e. The zero-order valence-electron chi connectivity index (χ0n) is 29.4. The molecule has 0 amide bonds. The van der Waals surface area contributed by atoms with Crippen LogP contribution in [0.5, 0.6) is 5.75 Å². The maximum absolute atomic E-state index is 6.39. The first-order chi connectivity index (χ1) is 21.7. The quantitative estimate of drug-likeness (QED) is 0.0555. The molecule has 0 fully saturated rings. The van der Waals surface area contributed by atoms with Crippen LogP contribution in [0.15, 0.2) is 30.3 Å². The van der Waals surface area contributed by atoms with E-state index in [1.807, 2.05) is 30.3 Å². The Morgan fingerprint density at radius 1 is 0.477 bits per heavy atom. The van der Waals surface area contributed by atoms with E-state index in [9.17, 15) is 0 Å². The highest BCUT2D eigenvalue weighted by Crippen LogP contribution is 2.41. The van der Waals surface area contributed by atoms with E-state index < -0.39 is 8.60 Å². The van der Waals surface area contributed by atoms with Gasteiger partial charge in [-0.25, -0.2) is 0 Å². The lowest BCUT2D eigenvalue weighted by Crippen LogP contribution is -2.23. The summed E-state index contributed by atoms with van der Waals surface area (Å²) in [5.41, 5.74) is 0. The van der Waals surface area contributed by atoms with Gasteiger partial charge in [-0.2, -0.15) is 0 Å². The Morgan fingerprint density at radius 2 is 0.864 bits per heavy atom. The highest BCUT2D eigenvalue weighted by atomic mass is 31.2. The standard InChI is InChI=1S/C38H71O5P/c1-5-9-13-17-19-26-32-39-37(30-22-15-11-7-3)34-41-44(43-36-28-24-21-25-29-36)42-35-38(31-23-16-12-8-4)40-33-27-20-18-14-10-6-2/h21,24-25,28-29,37-38H,5-20,22-23,26-27,30-35H2,1-4H3. The molecule has 258 valence electrons. The predicted octanol–water partition coefficient (Wildman–Crippen LogP) is 12.8. The van der Waals surface area contributed by atoms with E-state index in [2.05, 4.69) is 27.7 Å². The Kier molecular flexibility index (Phi) is 30.3. The lowest BCUT2D eigenvalue weighted by atomic mass is 10.1. The van der Waals surface area contributed by atoms with E-state index in [0.717, 1.165) is 44.6 Å². The van der Waals surface area contributed by atoms with Gasteiger partial charge in [-0.15, -0.1) is 0 Å². The van der Waals surface area contributed by atoms with Gasteiger partial charge in [0.25, 0.3) is 0 Å². The summed E-state index contributed by atoms with van der Waals surface area (Å²) in [6.07, 6.45) is 27.3. The summed E-state index contributed by atoms with van der Waals surface area (Å²) < 4.78 is 31.8.